The van der Waals surface area contributed by atoms with Crippen molar-refractivity contribution in [3.05, 3.63) is 28.5 Å². The Balaban J connectivity index is 1.73. The van der Waals surface area contributed by atoms with Gasteiger partial charge in [-0.05, 0) is 37.0 Å². The molecule has 1 aromatic carbocycles. The Bertz CT molecular complexity index is 458. The molecule has 1 aliphatic rings. The summed E-state index contributed by atoms with van der Waals surface area (Å²) in [7, 11) is 0. The number of benzene rings is 1. The van der Waals surface area contributed by atoms with Crippen molar-refractivity contribution in [3.63, 3.8) is 0 Å². The second-order valence-corrected chi connectivity index (χ2v) is 6.71. The van der Waals surface area contributed by atoms with E-state index in [4.69, 9.17) is 4.74 Å². The number of hydrogen-bond donors (Lipinski definition) is 2. The van der Waals surface area contributed by atoms with Crippen LogP contribution in [0.1, 0.15) is 32.6 Å². The van der Waals surface area contributed by atoms with E-state index in [0.29, 0.717) is 22.7 Å². The van der Waals surface area contributed by atoms with Crippen LogP contribution in [0.2, 0.25) is 0 Å². The molecule has 3 unspecified atom stereocenters. The third-order valence-electron chi connectivity index (χ3n) is 3.99. The third-order valence-corrected chi connectivity index (χ3v) is 4.49. The maximum absolute atomic E-state index is 13.6. The zero-order valence-electron chi connectivity index (χ0n) is 12.3. The van der Waals surface area contributed by atoms with E-state index in [1.807, 2.05) is 0 Å². The second kappa shape index (κ2) is 8.11. The van der Waals surface area contributed by atoms with Crippen molar-refractivity contribution in [1.29, 1.82) is 0 Å². The van der Waals surface area contributed by atoms with Gasteiger partial charge in [0.2, 0.25) is 0 Å². The van der Waals surface area contributed by atoms with Gasteiger partial charge in [0.1, 0.15) is 5.82 Å². The highest BCUT2D eigenvalue weighted by atomic mass is 79.9. The molecule has 21 heavy (non-hydrogen) atoms. The molecule has 0 radical (unpaired) electrons. The predicted molar refractivity (Wildman–Crippen MR) is 86.0 cm³/mol. The lowest BCUT2D eigenvalue weighted by Crippen LogP contribution is -2.32. The minimum Gasteiger partial charge on any atom is -0.389 e. The Morgan fingerprint density at radius 2 is 2.19 bits per heavy atom. The van der Waals surface area contributed by atoms with Gasteiger partial charge in [-0.15, -0.1) is 0 Å². The smallest absolute Gasteiger partial charge is 0.147 e. The molecule has 2 rings (SSSR count). The molecule has 1 saturated carbocycles. The SMILES string of the molecule is CC1CCCCC1OCC(O)CNc1ccc(Br)cc1F. The first-order chi connectivity index (χ1) is 10.1. The Kier molecular flexibility index (Phi) is 6.45. The van der Waals surface area contributed by atoms with Gasteiger partial charge >= 0.3 is 0 Å². The van der Waals surface area contributed by atoms with Crippen LogP contribution >= 0.6 is 15.9 Å². The molecule has 118 valence electrons. The molecule has 0 aliphatic heterocycles. The van der Waals surface area contributed by atoms with Crippen LogP contribution in [-0.2, 0) is 4.74 Å². The van der Waals surface area contributed by atoms with Crippen LogP contribution in [0, 0.1) is 11.7 Å². The molecular weight excluding hydrogens is 337 g/mol. The van der Waals surface area contributed by atoms with Gasteiger partial charge in [-0.3, -0.25) is 0 Å². The van der Waals surface area contributed by atoms with Crippen molar-refractivity contribution < 1.29 is 14.2 Å². The number of hydrogen-bond acceptors (Lipinski definition) is 3. The minimum absolute atomic E-state index is 0.248. The van der Waals surface area contributed by atoms with Gasteiger partial charge in [-0.1, -0.05) is 35.7 Å². The summed E-state index contributed by atoms with van der Waals surface area (Å²) in [5, 5.41) is 12.9. The van der Waals surface area contributed by atoms with E-state index in [9.17, 15) is 9.50 Å². The molecule has 2 N–H and O–H groups in total. The Hall–Kier alpha value is -0.650. The molecular formula is C16H23BrFNO2. The Morgan fingerprint density at radius 1 is 1.43 bits per heavy atom. The van der Waals surface area contributed by atoms with Crippen LogP contribution in [0.5, 0.6) is 0 Å². The maximum Gasteiger partial charge on any atom is 0.147 e. The zero-order valence-corrected chi connectivity index (χ0v) is 13.9. The van der Waals surface area contributed by atoms with Crippen LogP contribution in [0.4, 0.5) is 10.1 Å². The molecule has 1 aliphatic carbocycles. The Morgan fingerprint density at radius 3 is 2.90 bits per heavy atom. The highest BCUT2D eigenvalue weighted by Crippen LogP contribution is 2.26. The van der Waals surface area contributed by atoms with Gasteiger partial charge in [0.15, 0.2) is 0 Å². The first-order valence-corrected chi connectivity index (χ1v) is 8.34. The highest BCUT2D eigenvalue weighted by molar-refractivity contribution is 9.10. The standard InChI is InChI=1S/C16H23BrFNO2/c1-11-4-2-3-5-16(11)21-10-13(20)9-19-15-7-6-12(17)8-14(15)18/h6-8,11,13,16,19-20H,2-5,9-10H2,1H3. The monoisotopic (exact) mass is 359 g/mol. The van der Waals surface area contributed by atoms with Crippen LogP contribution in [-0.4, -0.2) is 30.5 Å². The number of aliphatic hydroxyl groups excluding tert-OH is 1. The zero-order chi connectivity index (χ0) is 15.2. The molecule has 0 amide bonds. The quantitative estimate of drug-likeness (QED) is 0.807. The van der Waals surface area contributed by atoms with Crippen molar-refractivity contribution in [2.75, 3.05) is 18.5 Å². The van der Waals surface area contributed by atoms with E-state index >= 15 is 0 Å². The van der Waals surface area contributed by atoms with E-state index < -0.39 is 6.10 Å². The average Bonchev–Trinajstić information content (AvgIpc) is 2.45. The number of halogens is 2. The van der Waals surface area contributed by atoms with Crippen LogP contribution in [0.3, 0.4) is 0 Å². The third kappa shape index (κ3) is 5.24. The Labute approximate surface area is 134 Å². The molecule has 3 nitrogen and oxygen atoms in total. The number of nitrogens with one attached hydrogen (secondary N) is 1. The van der Waals surface area contributed by atoms with E-state index in [1.54, 1.807) is 12.1 Å². The van der Waals surface area contributed by atoms with Gasteiger partial charge in [-0.25, -0.2) is 4.39 Å². The summed E-state index contributed by atoms with van der Waals surface area (Å²) in [4.78, 5) is 0. The van der Waals surface area contributed by atoms with Crippen LogP contribution in [0.25, 0.3) is 0 Å². The summed E-state index contributed by atoms with van der Waals surface area (Å²) in [6.07, 6.45) is 4.35. The highest BCUT2D eigenvalue weighted by Gasteiger charge is 2.22. The van der Waals surface area contributed by atoms with Gasteiger partial charge in [0, 0.05) is 11.0 Å². The van der Waals surface area contributed by atoms with Gasteiger partial charge in [0.05, 0.1) is 24.5 Å². The molecule has 3 atom stereocenters. The molecule has 5 heteroatoms. The molecule has 0 aromatic heterocycles. The van der Waals surface area contributed by atoms with E-state index in [0.717, 1.165) is 6.42 Å². The molecule has 1 aromatic rings. The summed E-state index contributed by atoms with van der Waals surface area (Å²) in [5.41, 5.74) is 0.392. The van der Waals surface area contributed by atoms with Crippen molar-refractivity contribution >= 4 is 21.6 Å². The molecule has 0 spiro atoms. The largest absolute Gasteiger partial charge is 0.389 e. The average molecular weight is 360 g/mol. The topological polar surface area (TPSA) is 41.5 Å². The lowest BCUT2D eigenvalue weighted by atomic mass is 9.88. The van der Waals surface area contributed by atoms with Gasteiger partial charge < -0.3 is 15.2 Å². The second-order valence-electron chi connectivity index (χ2n) is 5.79. The summed E-state index contributed by atoms with van der Waals surface area (Å²) in [6.45, 7) is 2.77. The fourth-order valence-corrected chi connectivity index (χ4v) is 3.02. The normalized spacial score (nSPS) is 23.8. The number of rotatable bonds is 6. The minimum atomic E-state index is -0.637. The van der Waals surface area contributed by atoms with Crippen LogP contribution in [0.15, 0.2) is 22.7 Å². The van der Waals surface area contributed by atoms with E-state index in [-0.39, 0.29) is 18.5 Å². The molecule has 1 fully saturated rings. The van der Waals surface area contributed by atoms with E-state index in [1.165, 1.54) is 25.3 Å². The molecule has 0 bridgehead atoms. The fourth-order valence-electron chi connectivity index (χ4n) is 2.68. The summed E-state index contributed by atoms with van der Waals surface area (Å²) in [5.74, 6) is 0.223. The number of anilines is 1. The summed E-state index contributed by atoms with van der Waals surface area (Å²) < 4.78 is 20.1. The maximum atomic E-state index is 13.6. The fraction of sp³-hybridized carbons (Fsp3) is 0.625. The molecule has 0 saturated heterocycles. The summed E-state index contributed by atoms with van der Waals surface area (Å²) >= 11 is 3.21. The van der Waals surface area contributed by atoms with Crippen molar-refractivity contribution in [2.24, 2.45) is 5.92 Å². The number of ether oxygens (including phenoxy) is 1. The first-order valence-electron chi connectivity index (χ1n) is 7.55. The first kappa shape index (κ1) is 16.7. The van der Waals surface area contributed by atoms with Crippen LogP contribution < -0.4 is 5.32 Å². The lowest BCUT2D eigenvalue weighted by Gasteiger charge is -2.29. The molecule has 0 heterocycles. The van der Waals surface area contributed by atoms with E-state index in [2.05, 4.69) is 28.2 Å². The summed E-state index contributed by atoms with van der Waals surface area (Å²) in [6, 6.07) is 4.81. The van der Waals surface area contributed by atoms with Gasteiger partial charge in [0.25, 0.3) is 0 Å². The lowest BCUT2D eigenvalue weighted by molar-refractivity contribution is -0.0424. The van der Waals surface area contributed by atoms with Crippen molar-refractivity contribution in [1.82, 2.24) is 0 Å². The van der Waals surface area contributed by atoms with Crippen molar-refractivity contribution in [2.45, 2.75) is 44.8 Å². The predicted octanol–water partition coefficient (Wildman–Crippen LogP) is 3.96. The van der Waals surface area contributed by atoms with Gasteiger partial charge in [-0.2, -0.15) is 0 Å². The number of aliphatic hydroxyl groups is 1. The van der Waals surface area contributed by atoms with Crippen molar-refractivity contribution in [3.8, 4) is 0 Å².